The fraction of sp³-hybridized carbons (Fsp3) is 1.00. The van der Waals surface area contributed by atoms with Gasteiger partial charge < -0.3 is 0 Å². The Labute approximate surface area is 246 Å². The molecule has 0 amide bonds. The van der Waals surface area contributed by atoms with Gasteiger partial charge in [0.25, 0.3) is 0 Å². The Morgan fingerprint density at radius 1 is 0.308 bits per heavy atom. The molecule has 0 spiro atoms. The minimum Gasteiger partial charge on any atom is -0.287 e. The van der Waals surface area contributed by atoms with E-state index in [-0.39, 0.29) is 0 Å². The summed E-state index contributed by atoms with van der Waals surface area (Å²) in [5.41, 5.74) is 0. The Morgan fingerprint density at radius 3 is 0.692 bits per heavy atom. The Kier molecular flexibility index (Phi) is 32.7. The van der Waals surface area contributed by atoms with Crippen LogP contribution in [0.2, 0.25) is 0 Å². The SMILES string of the molecule is CCCCCCCCCCCCCCCCCCOP(=O)(OCCCCCCCC)OCCCCCCCC. The Hall–Kier alpha value is 0.110. The molecule has 5 heteroatoms. The van der Waals surface area contributed by atoms with Crippen LogP contribution in [0, 0.1) is 0 Å². The molecule has 0 bridgehead atoms. The highest BCUT2D eigenvalue weighted by molar-refractivity contribution is 7.48. The van der Waals surface area contributed by atoms with Crippen LogP contribution < -0.4 is 0 Å². The minimum absolute atomic E-state index is 0.471. The molecule has 0 atom stereocenters. The molecule has 0 aromatic rings. The van der Waals surface area contributed by atoms with Crippen molar-refractivity contribution in [3.63, 3.8) is 0 Å². The van der Waals surface area contributed by atoms with Gasteiger partial charge in [0.2, 0.25) is 0 Å². The van der Waals surface area contributed by atoms with Gasteiger partial charge in [0.15, 0.2) is 0 Å². The van der Waals surface area contributed by atoms with Crippen molar-refractivity contribution in [1.29, 1.82) is 0 Å². The quantitative estimate of drug-likeness (QED) is 0.0566. The smallest absolute Gasteiger partial charge is 0.287 e. The highest BCUT2D eigenvalue weighted by Crippen LogP contribution is 2.50. The maximum Gasteiger partial charge on any atom is 0.474 e. The number of unbranched alkanes of at least 4 members (excludes halogenated alkanes) is 25. The molecule has 0 heterocycles. The van der Waals surface area contributed by atoms with Gasteiger partial charge in [-0.2, -0.15) is 0 Å². The van der Waals surface area contributed by atoms with E-state index in [4.69, 9.17) is 13.6 Å². The lowest BCUT2D eigenvalue weighted by molar-refractivity contribution is 0.108. The van der Waals surface area contributed by atoms with Gasteiger partial charge >= 0.3 is 7.82 Å². The molecule has 0 saturated heterocycles. The predicted octanol–water partition coefficient (Wildman–Crippen LogP) is 13.1. The number of hydrogen-bond donors (Lipinski definition) is 0. The second-order valence-electron chi connectivity index (χ2n) is 11.8. The van der Waals surface area contributed by atoms with E-state index in [2.05, 4.69) is 20.8 Å². The van der Waals surface area contributed by atoms with Crippen LogP contribution in [0.5, 0.6) is 0 Å². The molecule has 236 valence electrons. The molecule has 0 aromatic heterocycles. The van der Waals surface area contributed by atoms with Crippen LogP contribution in [0.15, 0.2) is 0 Å². The summed E-state index contributed by atoms with van der Waals surface area (Å²) in [7, 11) is -3.43. The molecule has 39 heavy (non-hydrogen) atoms. The zero-order chi connectivity index (χ0) is 28.5. The lowest BCUT2D eigenvalue weighted by atomic mass is 10.0. The van der Waals surface area contributed by atoms with E-state index in [0.29, 0.717) is 19.8 Å². The van der Waals surface area contributed by atoms with Crippen LogP contribution in [0.3, 0.4) is 0 Å². The summed E-state index contributed by atoms with van der Waals surface area (Å²) < 4.78 is 30.4. The van der Waals surface area contributed by atoms with Crippen LogP contribution in [-0.4, -0.2) is 19.8 Å². The molecule has 0 aliphatic heterocycles. The van der Waals surface area contributed by atoms with Crippen molar-refractivity contribution < 1.29 is 18.1 Å². The number of phosphoric acid groups is 1. The van der Waals surface area contributed by atoms with E-state index in [1.165, 1.54) is 141 Å². The minimum atomic E-state index is -3.43. The first-order chi connectivity index (χ1) is 19.2. The number of rotatable bonds is 34. The summed E-state index contributed by atoms with van der Waals surface area (Å²) >= 11 is 0. The van der Waals surface area contributed by atoms with Crippen LogP contribution in [0.1, 0.15) is 201 Å². The Morgan fingerprint density at radius 2 is 0.487 bits per heavy atom. The van der Waals surface area contributed by atoms with Crippen molar-refractivity contribution >= 4 is 7.82 Å². The van der Waals surface area contributed by atoms with Crippen molar-refractivity contribution in [2.24, 2.45) is 0 Å². The third kappa shape index (κ3) is 30.9. The average Bonchev–Trinajstić information content (AvgIpc) is 2.94. The highest BCUT2D eigenvalue weighted by Gasteiger charge is 2.26. The molecule has 0 unspecified atom stereocenters. The summed E-state index contributed by atoms with van der Waals surface area (Å²) in [5, 5.41) is 0. The van der Waals surface area contributed by atoms with E-state index >= 15 is 0 Å². The van der Waals surface area contributed by atoms with Crippen LogP contribution in [0.4, 0.5) is 0 Å². The lowest BCUT2D eigenvalue weighted by Crippen LogP contribution is -2.04. The first-order valence-corrected chi connectivity index (χ1v) is 19.2. The summed E-state index contributed by atoms with van der Waals surface area (Å²) in [4.78, 5) is 0. The molecule has 0 radical (unpaired) electrons. The molecule has 0 fully saturated rings. The lowest BCUT2D eigenvalue weighted by Gasteiger charge is -2.18. The van der Waals surface area contributed by atoms with Crippen molar-refractivity contribution in [1.82, 2.24) is 0 Å². The predicted molar refractivity (Wildman–Crippen MR) is 172 cm³/mol. The zero-order valence-corrected chi connectivity index (χ0v) is 27.9. The maximum atomic E-state index is 13.2. The van der Waals surface area contributed by atoms with E-state index in [9.17, 15) is 4.57 Å². The maximum absolute atomic E-state index is 13.2. The first kappa shape index (κ1) is 39.1. The highest BCUT2D eigenvalue weighted by atomic mass is 31.2. The van der Waals surface area contributed by atoms with E-state index in [1.54, 1.807) is 0 Å². The van der Waals surface area contributed by atoms with Gasteiger partial charge in [-0.3, -0.25) is 13.6 Å². The number of phosphoric ester groups is 1. The van der Waals surface area contributed by atoms with Crippen molar-refractivity contribution in [3.8, 4) is 0 Å². The van der Waals surface area contributed by atoms with Gasteiger partial charge in [0.1, 0.15) is 0 Å². The molecule has 0 aromatic carbocycles. The average molecular weight is 575 g/mol. The van der Waals surface area contributed by atoms with Gasteiger partial charge in [-0.15, -0.1) is 0 Å². The van der Waals surface area contributed by atoms with Crippen molar-refractivity contribution in [2.75, 3.05) is 19.8 Å². The second-order valence-corrected chi connectivity index (χ2v) is 13.5. The summed E-state index contributed by atoms with van der Waals surface area (Å²) in [6, 6.07) is 0. The molecular weight excluding hydrogens is 503 g/mol. The second kappa shape index (κ2) is 32.6. The van der Waals surface area contributed by atoms with Crippen LogP contribution in [-0.2, 0) is 18.1 Å². The summed E-state index contributed by atoms with van der Waals surface area (Å²) in [6.45, 7) is 8.17. The molecule has 0 rings (SSSR count). The third-order valence-electron chi connectivity index (χ3n) is 7.74. The molecule has 0 aliphatic carbocycles. The summed E-state index contributed by atoms with van der Waals surface area (Å²) in [6.07, 6.45) is 35.7. The summed E-state index contributed by atoms with van der Waals surface area (Å²) in [5.74, 6) is 0. The topological polar surface area (TPSA) is 44.8 Å². The molecule has 0 aliphatic rings. The van der Waals surface area contributed by atoms with Crippen molar-refractivity contribution in [2.45, 2.75) is 201 Å². The normalized spacial score (nSPS) is 12.0. The van der Waals surface area contributed by atoms with E-state index in [0.717, 1.165) is 38.5 Å². The molecule has 0 N–H and O–H groups in total. The molecular formula is C34H71O4P. The van der Waals surface area contributed by atoms with E-state index in [1.807, 2.05) is 0 Å². The largest absolute Gasteiger partial charge is 0.474 e. The Bertz CT molecular complexity index is 478. The Balaban J connectivity index is 3.84. The fourth-order valence-electron chi connectivity index (χ4n) is 5.06. The van der Waals surface area contributed by atoms with Gasteiger partial charge in [0, 0.05) is 0 Å². The monoisotopic (exact) mass is 575 g/mol. The van der Waals surface area contributed by atoms with Crippen LogP contribution in [0.25, 0.3) is 0 Å². The van der Waals surface area contributed by atoms with E-state index < -0.39 is 7.82 Å². The first-order valence-electron chi connectivity index (χ1n) is 17.7. The van der Waals surface area contributed by atoms with Gasteiger partial charge in [-0.05, 0) is 19.3 Å². The van der Waals surface area contributed by atoms with Gasteiger partial charge in [-0.1, -0.05) is 181 Å². The van der Waals surface area contributed by atoms with Crippen molar-refractivity contribution in [3.05, 3.63) is 0 Å². The zero-order valence-electron chi connectivity index (χ0n) is 27.0. The fourth-order valence-corrected chi connectivity index (χ4v) is 6.34. The van der Waals surface area contributed by atoms with Gasteiger partial charge in [0.05, 0.1) is 19.8 Å². The molecule has 4 nitrogen and oxygen atoms in total. The van der Waals surface area contributed by atoms with Crippen LogP contribution >= 0.6 is 7.82 Å². The van der Waals surface area contributed by atoms with Gasteiger partial charge in [-0.25, -0.2) is 4.57 Å². The third-order valence-corrected chi connectivity index (χ3v) is 9.24. The standard InChI is InChI=1S/C34H71O4P/c1-4-7-10-13-16-17-18-19-20-21-22-23-24-25-28-31-34-38-39(35,36-32-29-26-14-11-8-5-2)37-33-30-27-15-12-9-6-3/h4-34H2,1-3H3. The molecule has 0 saturated carbocycles. The number of hydrogen-bond acceptors (Lipinski definition) is 4.